The van der Waals surface area contributed by atoms with Crippen molar-refractivity contribution in [3.8, 4) is 22.3 Å². The van der Waals surface area contributed by atoms with Gasteiger partial charge < -0.3 is 4.42 Å². The quantitative estimate of drug-likeness (QED) is 0.252. The molecule has 0 saturated carbocycles. The number of hydrogen-bond acceptors (Lipinski definition) is 1. The van der Waals surface area contributed by atoms with Crippen molar-refractivity contribution in [2.24, 2.45) is 0 Å². The van der Waals surface area contributed by atoms with Crippen molar-refractivity contribution in [2.75, 3.05) is 0 Å². The Balaban J connectivity index is 1.69. The molecule has 154 valence electrons. The molecule has 0 atom stereocenters. The third-order valence-corrected chi connectivity index (χ3v) is 6.36. The van der Waals surface area contributed by atoms with Crippen molar-refractivity contribution in [3.05, 3.63) is 121 Å². The molecule has 33 heavy (non-hydrogen) atoms. The second-order valence-corrected chi connectivity index (χ2v) is 8.12. The molecule has 0 amide bonds. The monoisotopic (exact) mass is 425 g/mol. The van der Waals surface area contributed by atoms with Crippen molar-refractivity contribution in [3.63, 3.8) is 0 Å². The van der Waals surface area contributed by atoms with Crippen LogP contribution in [-0.2, 0) is 0 Å². The first kappa shape index (κ1) is 13.9. The molecule has 1 aromatic heterocycles. The molecule has 0 saturated heterocycles. The van der Waals surface area contributed by atoms with E-state index in [9.17, 15) is 0 Å². The number of fused-ring (bicyclic) bond motifs is 5. The Hall–Kier alpha value is -4.36. The Bertz CT molecular complexity index is 2000. The number of hydrogen-bond donors (Lipinski definition) is 0. The van der Waals surface area contributed by atoms with Crippen LogP contribution in [0, 0.1) is 0 Å². The average molecular weight is 426 g/mol. The van der Waals surface area contributed by atoms with Crippen molar-refractivity contribution < 1.29 is 11.3 Å². The first-order valence-corrected chi connectivity index (χ1v) is 10.9. The van der Waals surface area contributed by atoms with Crippen molar-refractivity contribution >= 4 is 43.5 Å². The molecule has 6 aromatic carbocycles. The number of para-hydroxylation sites is 2. The minimum Gasteiger partial charge on any atom is -0.455 e. The SMILES string of the molecule is [2H]c1c([2H])c([2H])c(-c2c3ccccc3c(-c3cccc4c3oc3ccccc34)c3ccccc23)c([2H])c1[2H]. The van der Waals surface area contributed by atoms with Crippen molar-refractivity contribution in [1.82, 2.24) is 0 Å². The first-order chi connectivity index (χ1) is 18.5. The van der Waals surface area contributed by atoms with Gasteiger partial charge in [0.25, 0.3) is 0 Å². The lowest BCUT2D eigenvalue weighted by Gasteiger charge is -2.17. The third-order valence-electron chi connectivity index (χ3n) is 6.36. The van der Waals surface area contributed by atoms with E-state index in [1.807, 2.05) is 72.8 Å². The van der Waals surface area contributed by atoms with Gasteiger partial charge in [-0.05, 0) is 38.7 Å². The second kappa shape index (κ2) is 7.08. The molecule has 1 heteroatoms. The van der Waals surface area contributed by atoms with Gasteiger partial charge in [-0.3, -0.25) is 0 Å². The van der Waals surface area contributed by atoms with Gasteiger partial charge >= 0.3 is 0 Å². The summed E-state index contributed by atoms with van der Waals surface area (Å²) in [6.07, 6.45) is 0. The maximum Gasteiger partial charge on any atom is 0.143 e. The highest BCUT2D eigenvalue weighted by Crippen LogP contribution is 2.46. The van der Waals surface area contributed by atoms with Crippen LogP contribution in [0.1, 0.15) is 6.85 Å². The molecule has 0 radical (unpaired) electrons. The molecule has 0 N–H and O–H groups in total. The van der Waals surface area contributed by atoms with Crippen LogP contribution in [0.2, 0.25) is 0 Å². The Labute approximate surface area is 198 Å². The van der Waals surface area contributed by atoms with Crippen LogP contribution in [0.5, 0.6) is 0 Å². The van der Waals surface area contributed by atoms with E-state index >= 15 is 0 Å². The molecule has 0 fully saturated rings. The number of furan rings is 1. The van der Waals surface area contributed by atoms with Gasteiger partial charge in [0.15, 0.2) is 0 Å². The highest BCUT2D eigenvalue weighted by molar-refractivity contribution is 6.24. The molecule has 1 heterocycles. The van der Waals surface area contributed by atoms with Crippen LogP contribution in [-0.4, -0.2) is 0 Å². The Kier molecular flexibility index (Phi) is 2.99. The van der Waals surface area contributed by atoms with Gasteiger partial charge in [0.1, 0.15) is 11.2 Å². The summed E-state index contributed by atoms with van der Waals surface area (Å²) in [7, 11) is 0. The predicted octanol–water partition coefficient (Wildman–Crippen LogP) is 9.23. The van der Waals surface area contributed by atoms with Crippen LogP contribution in [0.3, 0.4) is 0 Å². The number of rotatable bonds is 2. The van der Waals surface area contributed by atoms with Crippen LogP contribution in [0.4, 0.5) is 0 Å². The minimum atomic E-state index is -0.398. The van der Waals surface area contributed by atoms with Gasteiger partial charge in [0, 0.05) is 21.9 Å². The van der Waals surface area contributed by atoms with Crippen LogP contribution in [0.15, 0.2) is 126 Å². The summed E-state index contributed by atoms with van der Waals surface area (Å²) in [5.74, 6) is 0. The smallest absolute Gasteiger partial charge is 0.143 e. The molecular weight excluding hydrogens is 400 g/mol. The van der Waals surface area contributed by atoms with E-state index < -0.39 is 6.04 Å². The summed E-state index contributed by atoms with van der Waals surface area (Å²) >= 11 is 0. The van der Waals surface area contributed by atoms with Crippen LogP contribution in [0.25, 0.3) is 65.7 Å². The summed E-state index contributed by atoms with van der Waals surface area (Å²) in [6, 6.07) is 28.4. The van der Waals surface area contributed by atoms with E-state index in [4.69, 9.17) is 11.3 Å². The normalized spacial score (nSPS) is 13.8. The van der Waals surface area contributed by atoms with Crippen molar-refractivity contribution in [2.45, 2.75) is 0 Å². The molecule has 1 nitrogen and oxygen atoms in total. The topological polar surface area (TPSA) is 13.1 Å². The largest absolute Gasteiger partial charge is 0.455 e. The lowest BCUT2D eigenvalue weighted by Crippen LogP contribution is -1.90. The standard InChI is InChI=1S/C32H20O/c1-2-11-21(12-3-1)30-23-14-4-6-16-25(23)31(26-17-7-5-15-24(26)30)28-19-10-18-27-22-13-8-9-20-29(22)33-32(27)28/h1-20H/i1D,2D,3D,11D,12D. The van der Waals surface area contributed by atoms with E-state index in [2.05, 4.69) is 18.2 Å². The average Bonchev–Trinajstić information content (AvgIpc) is 3.34. The molecule has 0 bridgehead atoms. The lowest BCUT2D eigenvalue weighted by molar-refractivity contribution is 0.670. The van der Waals surface area contributed by atoms with Gasteiger partial charge in [-0.1, -0.05) is 115 Å². The van der Waals surface area contributed by atoms with E-state index in [1.54, 1.807) is 0 Å². The first-order valence-electron chi connectivity index (χ1n) is 13.4. The lowest BCUT2D eigenvalue weighted by atomic mass is 9.85. The van der Waals surface area contributed by atoms with E-state index in [-0.39, 0.29) is 29.7 Å². The Morgan fingerprint density at radius 3 is 1.70 bits per heavy atom. The Morgan fingerprint density at radius 1 is 0.485 bits per heavy atom. The number of benzene rings is 6. The van der Waals surface area contributed by atoms with E-state index in [0.717, 1.165) is 54.6 Å². The maximum atomic E-state index is 8.72. The fourth-order valence-electron chi connectivity index (χ4n) is 5.01. The molecule has 0 aliphatic rings. The fourth-order valence-corrected chi connectivity index (χ4v) is 5.01. The van der Waals surface area contributed by atoms with E-state index in [1.165, 1.54) is 0 Å². The molecule has 7 rings (SSSR count). The van der Waals surface area contributed by atoms with Gasteiger partial charge in [0.05, 0.1) is 6.85 Å². The van der Waals surface area contributed by atoms with Gasteiger partial charge in [-0.15, -0.1) is 0 Å². The van der Waals surface area contributed by atoms with Gasteiger partial charge in [-0.2, -0.15) is 0 Å². The van der Waals surface area contributed by atoms with Crippen LogP contribution < -0.4 is 0 Å². The molecular formula is C32H20O. The second-order valence-electron chi connectivity index (χ2n) is 8.12. The summed E-state index contributed by atoms with van der Waals surface area (Å²) in [5.41, 5.74) is 4.38. The summed E-state index contributed by atoms with van der Waals surface area (Å²) in [5, 5.41) is 5.54. The van der Waals surface area contributed by atoms with Crippen molar-refractivity contribution in [1.29, 1.82) is 0 Å². The summed E-state index contributed by atoms with van der Waals surface area (Å²) in [4.78, 5) is 0. The molecule has 0 spiro atoms. The third kappa shape index (κ3) is 2.66. The Morgan fingerprint density at radius 2 is 1.03 bits per heavy atom. The zero-order chi connectivity index (χ0) is 26.1. The summed E-state index contributed by atoms with van der Waals surface area (Å²) < 4.78 is 48.5. The zero-order valence-corrected chi connectivity index (χ0v) is 17.6. The highest BCUT2D eigenvalue weighted by atomic mass is 16.3. The minimum absolute atomic E-state index is 0.205. The molecule has 7 aromatic rings. The maximum absolute atomic E-state index is 8.72. The zero-order valence-electron chi connectivity index (χ0n) is 22.6. The summed E-state index contributed by atoms with van der Waals surface area (Å²) in [6.45, 7) is 0. The van der Waals surface area contributed by atoms with Gasteiger partial charge in [-0.25, -0.2) is 0 Å². The molecule has 0 aliphatic carbocycles. The van der Waals surface area contributed by atoms with Crippen LogP contribution >= 0.6 is 0 Å². The molecule has 0 unspecified atom stereocenters. The molecule has 0 aliphatic heterocycles. The van der Waals surface area contributed by atoms with E-state index in [0.29, 0.717) is 5.56 Å². The van der Waals surface area contributed by atoms with Gasteiger partial charge in [0.2, 0.25) is 0 Å². The highest BCUT2D eigenvalue weighted by Gasteiger charge is 2.19. The predicted molar refractivity (Wildman–Crippen MR) is 140 cm³/mol. The fraction of sp³-hybridized carbons (Fsp3) is 0.